The van der Waals surface area contributed by atoms with Crippen LogP contribution in [0.4, 0.5) is 0 Å². The summed E-state index contributed by atoms with van der Waals surface area (Å²) in [5.41, 5.74) is 1.40. The molecule has 3 atom stereocenters. The molecule has 102 valence electrons. The van der Waals surface area contributed by atoms with Crippen LogP contribution in [0.3, 0.4) is 0 Å². The highest BCUT2D eigenvalue weighted by atomic mass is 35.5. The maximum absolute atomic E-state index is 9.51. The monoisotopic (exact) mass is 276 g/mol. The van der Waals surface area contributed by atoms with Crippen LogP contribution in [-0.4, -0.2) is 12.6 Å². The van der Waals surface area contributed by atoms with Crippen LogP contribution in [0.2, 0.25) is 5.02 Å². The lowest BCUT2D eigenvalue weighted by molar-refractivity contribution is 0.304. The summed E-state index contributed by atoms with van der Waals surface area (Å²) >= 11 is 6.05. The number of benzene rings is 1. The molecule has 0 amide bonds. The molecule has 1 heterocycles. The second kappa shape index (κ2) is 5.53. The summed E-state index contributed by atoms with van der Waals surface area (Å²) in [5.74, 6) is 0.272. The minimum absolute atomic E-state index is 0.0256. The van der Waals surface area contributed by atoms with Crippen LogP contribution in [0.1, 0.15) is 38.7 Å². The summed E-state index contributed by atoms with van der Waals surface area (Å²) in [4.78, 5) is 0. The van der Waals surface area contributed by atoms with E-state index in [0.29, 0.717) is 0 Å². The summed E-state index contributed by atoms with van der Waals surface area (Å²) in [7, 11) is 0. The summed E-state index contributed by atoms with van der Waals surface area (Å²) in [6.45, 7) is 7.51. The maximum Gasteiger partial charge on any atom is 0.0697 e. The van der Waals surface area contributed by atoms with Crippen molar-refractivity contribution >= 4 is 11.6 Å². The summed E-state index contributed by atoms with van der Waals surface area (Å²) in [6.07, 6.45) is 1.02. The maximum atomic E-state index is 9.51. The van der Waals surface area contributed by atoms with Gasteiger partial charge in [0.25, 0.3) is 0 Å². The van der Waals surface area contributed by atoms with E-state index in [4.69, 9.17) is 11.6 Å². The Labute approximate surface area is 120 Å². The Kier molecular flexibility index (Phi) is 4.18. The third-order valence-corrected chi connectivity index (χ3v) is 3.96. The standard InChI is InChI=1S/C16H21ClN2/c1-16(2,3)8-15-13(9-18)14(10-19-15)11-5-4-6-12(17)7-11/h4-7,13-15,19H,8,10H2,1-3H3. The highest BCUT2D eigenvalue weighted by Crippen LogP contribution is 2.37. The van der Waals surface area contributed by atoms with Crippen molar-refractivity contribution in [1.29, 1.82) is 5.26 Å². The van der Waals surface area contributed by atoms with Crippen LogP contribution in [0, 0.1) is 22.7 Å². The van der Waals surface area contributed by atoms with Crippen molar-refractivity contribution < 1.29 is 0 Å². The Bertz CT molecular complexity index is 484. The Balaban J connectivity index is 2.18. The van der Waals surface area contributed by atoms with Crippen molar-refractivity contribution in [3.05, 3.63) is 34.9 Å². The number of hydrogen-bond acceptors (Lipinski definition) is 2. The van der Waals surface area contributed by atoms with Gasteiger partial charge in [-0.2, -0.15) is 5.26 Å². The van der Waals surface area contributed by atoms with Crippen LogP contribution in [-0.2, 0) is 0 Å². The lowest BCUT2D eigenvalue weighted by Gasteiger charge is -2.25. The van der Waals surface area contributed by atoms with Crippen molar-refractivity contribution in [2.24, 2.45) is 11.3 Å². The molecular formula is C16H21ClN2. The van der Waals surface area contributed by atoms with Crippen LogP contribution < -0.4 is 5.32 Å². The largest absolute Gasteiger partial charge is 0.312 e. The first kappa shape index (κ1) is 14.4. The van der Waals surface area contributed by atoms with E-state index in [1.807, 2.05) is 18.2 Å². The Morgan fingerprint density at radius 3 is 2.74 bits per heavy atom. The van der Waals surface area contributed by atoms with E-state index in [0.717, 1.165) is 18.0 Å². The van der Waals surface area contributed by atoms with Crippen LogP contribution in [0.5, 0.6) is 0 Å². The van der Waals surface area contributed by atoms with Crippen molar-refractivity contribution in [1.82, 2.24) is 5.32 Å². The second-order valence-corrected chi connectivity index (χ2v) is 7.03. The van der Waals surface area contributed by atoms with Gasteiger partial charge in [-0.1, -0.05) is 44.5 Å². The summed E-state index contributed by atoms with van der Waals surface area (Å²) in [6, 6.07) is 10.7. The number of halogens is 1. The van der Waals surface area contributed by atoms with Gasteiger partial charge < -0.3 is 5.32 Å². The summed E-state index contributed by atoms with van der Waals surface area (Å²) in [5, 5.41) is 13.8. The zero-order valence-electron chi connectivity index (χ0n) is 11.8. The van der Waals surface area contributed by atoms with E-state index >= 15 is 0 Å². The van der Waals surface area contributed by atoms with E-state index in [1.165, 1.54) is 5.56 Å². The Hall–Kier alpha value is -1.04. The molecule has 1 fully saturated rings. The molecule has 0 aliphatic carbocycles. The van der Waals surface area contributed by atoms with E-state index in [-0.39, 0.29) is 23.3 Å². The number of hydrogen-bond donors (Lipinski definition) is 1. The van der Waals surface area contributed by atoms with Gasteiger partial charge in [0, 0.05) is 23.5 Å². The topological polar surface area (TPSA) is 35.8 Å². The average Bonchev–Trinajstić information content (AvgIpc) is 2.69. The van der Waals surface area contributed by atoms with E-state index < -0.39 is 0 Å². The predicted octanol–water partition coefficient (Wildman–Crippen LogP) is 3.97. The SMILES string of the molecule is CC(C)(C)CC1NCC(c2cccc(Cl)c2)C1C#N. The molecule has 1 aliphatic rings. The van der Waals surface area contributed by atoms with E-state index in [2.05, 4.69) is 38.2 Å². The zero-order valence-corrected chi connectivity index (χ0v) is 12.5. The highest BCUT2D eigenvalue weighted by molar-refractivity contribution is 6.30. The van der Waals surface area contributed by atoms with Gasteiger partial charge in [0.1, 0.15) is 0 Å². The van der Waals surface area contributed by atoms with Crippen molar-refractivity contribution in [3.63, 3.8) is 0 Å². The number of nitrogens with one attached hydrogen (secondary N) is 1. The van der Waals surface area contributed by atoms with Crippen molar-refractivity contribution in [2.75, 3.05) is 6.54 Å². The molecule has 1 aromatic rings. The summed E-state index contributed by atoms with van der Waals surface area (Å²) < 4.78 is 0. The Morgan fingerprint density at radius 2 is 2.16 bits per heavy atom. The van der Waals surface area contributed by atoms with Gasteiger partial charge in [0.15, 0.2) is 0 Å². The molecule has 1 saturated heterocycles. The normalized spacial score (nSPS) is 27.2. The minimum Gasteiger partial charge on any atom is -0.312 e. The zero-order chi connectivity index (χ0) is 14.0. The number of rotatable bonds is 2. The molecule has 19 heavy (non-hydrogen) atoms. The fourth-order valence-electron chi connectivity index (χ4n) is 2.91. The van der Waals surface area contributed by atoms with Gasteiger partial charge in [-0.3, -0.25) is 0 Å². The van der Waals surface area contributed by atoms with Crippen molar-refractivity contribution in [3.8, 4) is 6.07 Å². The van der Waals surface area contributed by atoms with Crippen LogP contribution in [0.25, 0.3) is 0 Å². The first-order valence-corrected chi connectivity index (χ1v) is 7.17. The minimum atomic E-state index is 0.0256. The van der Waals surface area contributed by atoms with Gasteiger partial charge in [-0.15, -0.1) is 0 Å². The molecule has 0 aromatic heterocycles. The fraction of sp³-hybridized carbons (Fsp3) is 0.562. The molecule has 0 radical (unpaired) electrons. The van der Waals surface area contributed by atoms with Crippen LogP contribution >= 0.6 is 11.6 Å². The number of nitriles is 1. The second-order valence-electron chi connectivity index (χ2n) is 6.60. The van der Waals surface area contributed by atoms with E-state index in [1.54, 1.807) is 0 Å². The van der Waals surface area contributed by atoms with Gasteiger partial charge in [0.05, 0.1) is 12.0 Å². The van der Waals surface area contributed by atoms with Crippen LogP contribution in [0.15, 0.2) is 24.3 Å². The van der Waals surface area contributed by atoms with Gasteiger partial charge in [0.2, 0.25) is 0 Å². The highest BCUT2D eigenvalue weighted by Gasteiger charge is 2.38. The molecule has 0 bridgehead atoms. The fourth-order valence-corrected chi connectivity index (χ4v) is 3.11. The lowest BCUT2D eigenvalue weighted by Crippen LogP contribution is -2.31. The van der Waals surface area contributed by atoms with Gasteiger partial charge in [-0.25, -0.2) is 0 Å². The third kappa shape index (κ3) is 3.49. The smallest absolute Gasteiger partial charge is 0.0697 e. The quantitative estimate of drug-likeness (QED) is 0.887. The molecule has 0 spiro atoms. The third-order valence-electron chi connectivity index (χ3n) is 3.73. The predicted molar refractivity (Wildman–Crippen MR) is 79.2 cm³/mol. The van der Waals surface area contributed by atoms with E-state index in [9.17, 15) is 5.26 Å². The molecule has 3 heteroatoms. The Morgan fingerprint density at radius 1 is 1.42 bits per heavy atom. The molecule has 1 N–H and O–H groups in total. The molecule has 1 aliphatic heterocycles. The molecule has 3 unspecified atom stereocenters. The molecule has 1 aromatic carbocycles. The molecule has 0 saturated carbocycles. The first-order valence-electron chi connectivity index (χ1n) is 6.79. The average molecular weight is 277 g/mol. The van der Waals surface area contributed by atoms with Gasteiger partial charge >= 0.3 is 0 Å². The number of nitrogens with zero attached hydrogens (tertiary/aromatic N) is 1. The molecule has 2 nitrogen and oxygen atoms in total. The van der Waals surface area contributed by atoms with Crippen molar-refractivity contribution in [2.45, 2.75) is 39.2 Å². The van der Waals surface area contributed by atoms with Gasteiger partial charge in [-0.05, 0) is 29.5 Å². The molecular weight excluding hydrogens is 256 g/mol. The lowest BCUT2D eigenvalue weighted by atomic mass is 9.79. The molecule has 2 rings (SSSR count). The first-order chi connectivity index (χ1) is 8.90.